The molecule has 0 atom stereocenters. The first-order chi connectivity index (χ1) is 11.3. The zero-order valence-electron chi connectivity index (χ0n) is 11.9. The zero-order valence-corrected chi connectivity index (χ0v) is 13.5. The third-order valence-electron chi connectivity index (χ3n) is 3.51. The van der Waals surface area contributed by atoms with Gasteiger partial charge in [0.2, 0.25) is 0 Å². The summed E-state index contributed by atoms with van der Waals surface area (Å²) in [7, 11) is 0. The minimum absolute atomic E-state index is 0.0581. The van der Waals surface area contributed by atoms with Gasteiger partial charge in [0.05, 0.1) is 22.5 Å². The van der Waals surface area contributed by atoms with E-state index in [0.29, 0.717) is 21.1 Å². The van der Waals surface area contributed by atoms with E-state index in [1.165, 1.54) is 24.3 Å². The van der Waals surface area contributed by atoms with Crippen LogP contribution in [0.5, 0.6) is 0 Å². The third-order valence-corrected chi connectivity index (χ3v) is 4.10. The molecule has 0 unspecified atom stereocenters. The summed E-state index contributed by atoms with van der Waals surface area (Å²) in [6, 6.07) is 9.12. The maximum Gasteiger partial charge on any atom is 0.416 e. The Morgan fingerprint density at radius 1 is 1.17 bits per heavy atom. The molecule has 3 rings (SSSR count). The maximum absolute atomic E-state index is 12.6. The number of fused-ring (bicyclic) bond motifs is 1. The van der Waals surface area contributed by atoms with Crippen LogP contribution in [-0.2, 0) is 12.7 Å². The minimum Gasteiger partial charge on any atom is -0.259 e. The van der Waals surface area contributed by atoms with Crippen LogP contribution < -0.4 is 0 Å². The fourth-order valence-corrected chi connectivity index (χ4v) is 2.84. The number of hydrogen-bond donors (Lipinski definition) is 0. The molecule has 0 bridgehead atoms. The molecule has 0 aliphatic carbocycles. The van der Waals surface area contributed by atoms with E-state index in [2.05, 4.69) is 21.0 Å². The van der Waals surface area contributed by atoms with Gasteiger partial charge in [-0.25, -0.2) is 0 Å². The molecule has 1 aromatic heterocycles. The molecule has 0 aliphatic rings. The van der Waals surface area contributed by atoms with E-state index >= 15 is 0 Å². The van der Waals surface area contributed by atoms with Crippen LogP contribution in [0.2, 0.25) is 0 Å². The smallest absolute Gasteiger partial charge is 0.259 e. The fourth-order valence-electron chi connectivity index (χ4n) is 2.33. The fraction of sp³-hybridized carbons (Fsp3) is 0.133. The van der Waals surface area contributed by atoms with Crippen LogP contribution in [-0.4, -0.2) is 14.7 Å². The van der Waals surface area contributed by atoms with Gasteiger partial charge >= 0.3 is 6.18 Å². The second kappa shape index (κ2) is 5.90. The number of non-ortho nitro benzene ring substituents is 1. The molecule has 2 aromatic carbocycles. The Morgan fingerprint density at radius 2 is 1.83 bits per heavy atom. The molecule has 0 amide bonds. The van der Waals surface area contributed by atoms with Gasteiger partial charge in [-0.1, -0.05) is 12.1 Å². The van der Waals surface area contributed by atoms with E-state index in [-0.39, 0.29) is 12.2 Å². The van der Waals surface area contributed by atoms with E-state index in [1.54, 1.807) is 10.7 Å². The van der Waals surface area contributed by atoms with Gasteiger partial charge in [0.25, 0.3) is 5.69 Å². The van der Waals surface area contributed by atoms with Crippen LogP contribution >= 0.6 is 15.9 Å². The highest BCUT2D eigenvalue weighted by molar-refractivity contribution is 9.10. The molecule has 0 spiro atoms. The van der Waals surface area contributed by atoms with E-state index < -0.39 is 16.7 Å². The topological polar surface area (TPSA) is 61.0 Å². The molecule has 1 heterocycles. The summed E-state index contributed by atoms with van der Waals surface area (Å²) in [5, 5.41) is 15.6. The lowest BCUT2D eigenvalue weighted by Gasteiger charge is -2.08. The standard InChI is InChI=1S/C15H9BrF3N3O2/c16-14-12-7-11(22(23)24)5-6-13(12)21(20-14)8-9-1-3-10(4-2-9)15(17,18)19/h1-7H,8H2. The van der Waals surface area contributed by atoms with E-state index in [4.69, 9.17) is 0 Å². The molecule has 0 aliphatic heterocycles. The van der Waals surface area contributed by atoms with Crippen LogP contribution in [0, 0.1) is 10.1 Å². The number of rotatable bonds is 3. The van der Waals surface area contributed by atoms with Gasteiger partial charge in [-0.05, 0) is 39.7 Å². The number of alkyl halides is 3. The second-order valence-corrected chi connectivity index (χ2v) is 5.85. The molecular weight excluding hydrogens is 391 g/mol. The van der Waals surface area contributed by atoms with Crippen LogP contribution in [0.1, 0.15) is 11.1 Å². The molecular formula is C15H9BrF3N3O2. The second-order valence-electron chi connectivity index (χ2n) is 5.10. The van der Waals surface area contributed by atoms with Gasteiger partial charge in [-0.2, -0.15) is 18.3 Å². The van der Waals surface area contributed by atoms with Crippen LogP contribution in [0.3, 0.4) is 0 Å². The number of nitrogens with zero attached hydrogens (tertiary/aromatic N) is 3. The first kappa shape index (κ1) is 16.4. The largest absolute Gasteiger partial charge is 0.416 e. The Hall–Kier alpha value is -2.42. The van der Waals surface area contributed by atoms with Crippen LogP contribution in [0.25, 0.3) is 10.9 Å². The lowest BCUT2D eigenvalue weighted by molar-refractivity contribution is -0.384. The van der Waals surface area contributed by atoms with Crippen molar-refractivity contribution in [3.05, 3.63) is 68.3 Å². The van der Waals surface area contributed by atoms with E-state index in [1.807, 2.05) is 0 Å². The van der Waals surface area contributed by atoms with E-state index in [0.717, 1.165) is 12.1 Å². The van der Waals surface area contributed by atoms with E-state index in [9.17, 15) is 23.3 Å². The SMILES string of the molecule is O=[N+]([O-])c1ccc2c(c1)c(Br)nn2Cc1ccc(C(F)(F)F)cc1. The predicted octanol–water partition coefficient (Wildman–Crippen LogP) is 4.77. The number of nitro benzene ring substituents is 1. The normalized spacial score (nSPS) is 11.8. The summed E-state index contributed by atoms with van der Waals surface area (Å²) in [5.41, 5.74) is 0.510. The molecule has 0 fully saturated rings. The lowest BCUT2D eigenvalue weighted by atomic mass is 10.1. The summed E-state index contributed by atoms with van der Waals surface area (Å²) in [5.74, 6) is 0. The Balaban J connectivity index is 1.94. The highest BCUT2D eigenvalue weighted by Crippen LogP contribution is 2.30. The molecule has 0 saturated heterocycles. The number of nitro groups is 1. The van der Waals surface area contributed by atoms with Crippen molar-refractivity contribution in [1.82, 2.24) is 9.78 Å². The summed E-state index contributed by atoms with van der Waals surface area (Å²) in [6.45, 7) is 0.248. The Morgan fingerprint density at radius 3 is 2.42 bits per heavy atom. The quantitative estimate of drug-likeness (QED) is 0.470. The molecule has 0 radical (unpaired) electrons. The van der Waals surface area contributed by atoms with Crippen molar-refractivity contribution in [3.63, 3.8) is 0 Å². The first-order valence-electron chi connectivity index (χ1n) is 6.72. The van der Waals surface area contributed by atoms with Crippen molar-refractivity contribution in [3.8, 4) is 0 Å². The van der Waals surface area contributed by atoms with Gasteiger partial charge < -0.3 is 0 Å². The molecule has 124 valence electrons. The highest BCUT2D eigenvalue weighted by atomic mass is 79.9. The molecule has 24 heavy (non-hydrogen) atoms. The minimum atomic E-state index is -4.38. The Bertz CT molecular complexity index is 920. The van der Waals surface area contributed by atoms with Gasteiger partial charge in [0.1, 0.15) is 4.60 Å². The van der Waals surface area contributed by atoms with Crippen molar-refractivity contribution in [1.29, 1.82) is 0 Å². The number of hydrogen-bond acceptors (Lipinski definition) is 3. The van der Waals surface area contributed by atoms with Crippen molar-refractivity contribution < 1.29 is 18.1 Å². The van der Waals surface area contributed by atoms with Crippen LogP contribution in [0.15, 0.2) is 47.1 Å². The molecule has 9 heteroatoms. The maximum atomic E-state index is 12.6. The Kier molecular flexibility index (Phi) is 4.04. The van der Waals surface area contributed by atoms with Gasteiger partial charge in [0, 0.05) is 17.5 Å². The molecule has 3 aromatic rings. The van der Waals surface area contributed by atoms with Crippen molar-refractivity contribution in [2.45, 2.75) is 12.7 Å². The summed E-state index contributed by atoms with van der Waals surface area (Å²) in [4.78, 5) is 10.3. The van der Waals surface area contributed by atoms with Crippen molar-refractivity contribution in [2.24, 2.45) is 0 Å². The van der Waals surface area contributed by atoms with Gasteiger partial charge in [-0.3, -0.25) is 14.8 Å². The average Bonchev–Trinajstić information content (AvgIpc) is 2.83. The Labute approximate surface area is 142 Å². The molecule has 0 saturated carbocycles. The van der Waals surface area contributed by atoms with Gasteiger partial charge in [-0.15, -0.1) is 0 Å². The van der Waals surface area contributed by atoms with Crippen molar-refractivity contribution in [2.75, 3.05) is 0 Å². The number of halogens is 4. The first-order valence-corrected chi connectivity index (χ1v) is 7.51. The summed E-state index contributed by atoms with van der Waals surface area (Å²) < 4.78 is 39.8. The number of benzene rings is 2. The lowest BCUT2D eigenvalue weighted by Crippen LogP contribution is -2.06. The molecule has 5 nitrogen and oxygen atoms in total. The average molecular weight is 400 g/mol. The summed E-state index contributed by atoms with van der Waals surface area (Å²) >= 11 is 3.25. The number of aromatic nitrogens is 2. The monoisotopic (exact) mass is 399 g/mol. The highest BCUT2D eigenvalue weighted by Gasteiger charge is 2.29. The van der Waals surface area contributed by atoms with Crippen LogP contribution in [0.4, 0.5) is 18.9 Å². The third kappa shape index (κ3) is 3.12. The predicted molar refractivity (Wildman–Crippen MR) is 84.6 cm³/mol. The van der Waals surface area contributed by atoms with Gasteiger partial charge in [0.15, 0.2) is 0 Å². The van der Waals surface area contributed by atoms with Crippen molar-refractivity contribution >= 4 is 32.5 Å². The molecule has 0 N–H and O–H groups in total. The zero-order chi connectivity index (χ0) is 17.5. The summed E-state index contributed by atoms with van der Waals surface area (Å²) in [6.07, 6.45) is -4.38.